The number of rotatable bonds is 15. The van der Waals surface area contributed by atoms with Crippen LogP contribution in [0.4, 0.5) is 26.3 Å². The summed E-state index contributed by atoms with van der Waals surface area (Å²) in [5, 5.41) is 36.1. The molecule has 0 fully saturated rings. The Hall–Kier alpha value is -4.72. The predicted octanol–water partition coefficient (Wildman–Crippen LogP) is 6.49. The Morgan fingerprint density at radius 2 is 1.85 bits per heavy atom. The van der Waals surface area contributed by atoms with E-state index in [4.69, 9.17) is 4.74 Å². The second-order valence-corrected chi connectivity index (χ2v) is 14.4. The Morgan fingerprint density at radius 3 is 2.52 bits per heavy atom. The van der Waals surface area contributed by atoms with Crippen molar-refractivity contribution in [2.75, 3.05) is 58.1 Å². The summed E-state index contributed by atoms with van der Waals surface area (Å²) < 4.78 is 21.3. The van der Waals surface area contributed by atoms with Crippen molar-refractivity contribution < 1.29 is 24.1 Å². The van der Waals surface area contributed by atoms with E-state index in [1.54, 1.807) is 26.1 Å². The summed E-state index contributed by atoms with van der Waals surface area (Å²) in [6.45, 7) is 4.75. The van der Waals surface area contributed by atoms with Crippen LogP contribution in [0.2, 0.25) is 0 Å². The second kappa shape index (κ2) is 19.8. The molecule has 52 heavy (non-hydrogen) atoms. The van der Waals surface area contributed by atoms with Crippen LogP contribution in [-0.2, 0) is 6.42 Å². The maximum absolute atomic E-state index is 14.6. The van der Waals surface area contributed by atoms with Gasteiger partial charge in [0, 0.05) is 17.0 Å². The minimum Gasteiger partial charge on any atom is -0.491 e. The molecule has 276 valence electrons. The van der Waals surface area contributed by atoms with Crippen LogP contribution in [0.15, 0.2) is 48.5 Å². The summed E-state index contributed by atoms with van der Waals surface area (Å²) in [5.74, 6) is 5.28. The molecule has 0 bridgehead atoms. The first-order chi connectivity index (χ1) is 24.9. The molecule has 1 atom stereocenters. The van der Waals surface area contributed by atoms with Crippen molar-refractivity contribution in [3.8, 4) is 17.6 Å². The number of nitrogens with zero attached hydrogens (tertiary/aromatic N) is 6. The highest BCUT2D eigenvalue weighted by atomic mass is 32.1. The zero-order chi connectivity index (χ0) is 37.6. The van der Waals surface area contributed by atoms with Gasteiger partial charge in [0.25, 0.3) is 0 Å². The lowest BCUT2D eigenvalue weighted by molar-refractivity contribution is 0.0690. The topological polar surface area (TPSA) is 149 Å². The molecule has 3 aromatic heterocycles. The molecule has 3 heterocycles. The summed E-state index contributed by atoms with van der Waals surface area (Å²) in [6.07, 6.45) is 1.47. The molecule has 0 amide bonds. The van der Waals surface area contributed by atoms with E-state index in [9.17, 15) is 19.4 Å². The molecule has 0 radical (unpaired) electrons. The van der Waals surface area contributed by atoms with E-state index in [1.165, 1.54) is 28.7 Å². The number of aromatic carboxylic acids is 1. The largest absolute Gasteiger partial charge is 0.491 e. The zero-order valence-corrected chi connectivity index (χ0v) is 31.9. The van der Waals surface area contributed by atoms with E-state index in [0.29, 0.717) is 71.1 Å². The normalized spacial score (nSPS) is 11.4. The highest BCUT2D eigenvalue weighted by Gasteiger charge is 2.23. The van der Waals surface area contributed by atoms with Crippen molar-refractivity contribution in [2.24, 2.45) is 0 Å². The SMILES string of the molecule is CN(C)C.CNCC#Cc1ccc(OCCCc2sc(N(CCCC(C)O)c3cc(C)c(Nc4nc5ccccc5s4)nn3)nc2C(=O)O)c(F)c1. The third-order valence-corrected chi connectivity index (χ3v) is 9.22. The fraction of sp³-hybridized carbons (Fsp3) is 0.378. The van der Waals surface area contributed by atoms with Gasteiger partial charge in [-0.1, -0.05) is 35.3 Å². The molecule has 0 saturated heterocycles. The molecule has 0 aliphatic carbocycles. The quantitative estimate of drug-likeness (QED) is 0.0685. The number of aliphatic hydroxyl groups is 1. The third kappa shape index (κ3) is 11.9. The predicted molar refractivity (Wildman–Crippen MR) is 207 cm³/mol. The Bertz CT molecular complexity index is 1950. The van der Waals surface area contributed by atoms with E-state index < -0.39 is 17.9 Å². The van der Waals surface area contributed by atoms with Crippen LogP contribution >= 0.6 is 22.7 Å². The number of carboxylic acid groups (broad SMARTS) is 1. The number of anilines is 4. The van der Waals surface area contributed by atoms with Crippen molar-refractivity contribution in [2.45, 2.75) is 45.6 Å². The molecule has 0 aliphatic heterocycles. The Kier molecular flexibility index (Phi) is 15.2. The van der Waals surface area contributed by atoms with Gasteiger partial charge in [0.15, 0.2) is 39.2 Å². The summed E-state index contributed by atoms with van der Waals surface area (Å²) in [6, 6.07) is 14.3. The van der Waals surface area contributed by atoms with Gasteiger partial charge in [0.05, 0.1) is 29.5 Å². The van der Waals surface area contributed by atoms with Gasteiger partial charge in [0.1, 0.15) is 0 Å². The standard InChI is InChI=1S/C34H36FN7O4S2.C3H9N/c1-21-19-29(40-41-31(21)39-33-37-25-11-4-5-12-27(25)47-33)42(17-7-9-22(2)43)34-38-30(32(44)45)28(48-34)13-8-18-46-26-15-14-23(20-24(26)35)10-6-16-36-3;1-4(2)3/h4-5,11-12,14-15,19-20,22,36,43H,7-9,13,16-18H2,1-3H3,(H,44,45)(H,37,39,41);1-3H3. The molecule has 0 aliphatic rings. The smallest absolute Gasteiger partial charge is 0.355 e. The molecule has 0 saturated carbocycles. The van der Waals surface area contributed by atoms with Gasteiger partial charge in [-0.3, -0.25) is 0 Å². The van der Waals surface area contributed by atoms with Gasteiger partial charge < -0.3 is 35.4 Å². The summed E-state index contributed by atoms with van der Waals surface area (Å²) in [5.41, 5.74) is 2.21. The Morgan fingerprint density at radius 1 is 1.08 bits per heavy atom. The summed E-state index contributed by atoms with van der Waals surface area (Å²) >= 11 is 2.77. The fourth-order valence-electron chi connectivity index (χ4n) is 4.74. The number of benzene rings is 2. The molecule has 15 heteroatoms. The van der Waals surface area contributed by atoms with Crippen LogP contribution in [-0.4, -0.2) is 95.2 Å². The highest BCUT2D eigenvalue weighted by molar-refractivity contribution is 7.22. The van der Waals surface area contributed by atoms with E-state index in [1.807, 2.05) is 68.2 Å². The minimum atomic E-state index is -1.14. The lowest BCUT2D eigenvalue weighted by Crippen LogP contribution is -2.21. The van der Waals surface area contributed by atoms with Crippen LogP contribution in [0.3, 0.4) is 0 Å². The first-order valence-corrected chi connectivity index (χ1v) is 18.4. The van der Waals surface area contributed by atoms with Crippen LogP contribution in [0.25, 0.3) is 10.2 Å². The number of hydrogen-bond donors (Lipinski definition) is 4. The van der Waals surface area contributed by atoms with Crippen LogP contribution in [0.1, 0.15) is 52.7 Å². The minimum absolute atomic E-state index is 0.0509. The number of halogens is 1. The number of ether oxygens (including phenoxy) is 1. The zero-order valence-electron chi connectivity index (χ0n) is 30.2. The molecule has 5 rings (SSSR count). The molecular weight excluding hydrogens is 704 g/mol. The lowest BCUT2D eigenvalue weighted by atomic mass is 10.2. The number of aliphatic hydroxyl groups excluding tert-OH is 1. The molecule has 4 N–H and O–H groups in total. The number of thiazole rings is 2. The van der Waals surface area contributed by atoms with Gasteiger partial charge in [-0.2, -0.15) is 0 Å². The number of nitrogens with one attached hydrogen (secondary N) is 2. The number of fused-ring (bicyclic) bond motifs is 1. The second-order valence-electron chi connectivity index (χ2n) is 12.3. The number of carbonyl (C=O) groups is 1. The molecular formula is C37H45FN8O4S2. The highest BCUT2D eigenvalue weighted by Crippen LogP contribution is 2.34. The number of carboxylic acids is 1. The lowest BCUT2D eigenvalue weighted by Gasteiger charge is -2.21. The maximum atomic E-state index is 14.6. The van der Waals surface area contributed by atoms with Gasteiger partial charge in [-0.05, 0) is 110 Å². The maximum Gasteiger partial charge on any atom is 0.355 e. The molecule has 2 aromatic carbocycles. The third-order valence-electron chi connectivity index (χ3n) is 7.13. The molecule has 1 unspecified atom stereocenters. The van der Waals surface area contributed by atoms with E-state index in [0.717, 1.165) is 15.8 Å². The Labute approximate surface area is 311 Å². The monoisotopic (exact) mass is 748 g/mol. The van der Waals surface area contributed by atoms with Gasteiger partial charge in [0.2, 0.25) is 0 Å². The number of aromatic nitrogens is 4. The van der Waals surface area contributed by atoms with Crippen LogP contribution in [0, 0.1) is 24.6 Å². The van der Waals surface area contributed by atoms with Crippen molar-refractivity contribution in [1.29, 1.82) is 0 Å². The first kappa shape index (κ1) is 40.1. The molecule has 5 aromatic rings. The number of hydrogen-bond acceptors (Lipinski definition) is 13. The van der Waals surface area contributed by atoms with Crippen molar-refractivity contribution in [1.82, 2.24) is 30.4 Å². The van der Waals surface area contributed by atoms with Gasteiger partial charge in [-0.15, -0.1) is 21.5 Å². The average Bonchev–Trinajstić information content (AvgIpc) is 3.71. The number of aryl methyl sites for hydroxylation is 2. The molecule has 12 nitrogen and oxygen atoms in total. The molecule has 0 spiro atoms. The van der Waals surface area contributed by atoms with Crippen LogP contribution in [0.5, 0.6) is 5.75 Å². The number of para-hydroxylation sites is 1. The van der Waals surface area contributed by atoms with Crippen molar-refractivity contribution in [3.05, 3.63) is 76.0 Å². The summed E-state index contributed by atoms with van der Waals surface area (Å²) in [7, 11) is 7.78. The van der Waals surface area contributed by atoms with Gasteiger partial charge in [-0.25, -0.2) is 19.2 Å². The summed E-state index contributed by atoms with van der Waals surface area (Å²) in [4.78, 5) is 25.7. The average molecular weight is 749 g/mol. The first-order valence-electron chi connectivity index (χ1n) is 16.8. The Balaban J connectivity index is 0.00000144. The fourth-order valence-corrected chi connectivity index (χ4v) is 6.74. The van der Waals surface area contributed by atoms with Crippen molar-refractivity contribution >= 4 is 60.8 Å². The van der Waals surface area contributed by atoms with E-state index in [2.05, 4.69) is 42.6 Å². The van der Waals surface area contributed by atoms with E-state index in [-0.39, 0.29) is 18.1 Å². The van der Waals surface area contributed by atoms with E-state index >= 15 is 0 Å². The van der Waals surface area contributed by atoms with Crippen LogP contribution < -0.4 is 20.3 Å². The van der Waals surface area contributed by atoms with Gasteiger partial charge >= 0.3 is 5.97 Å². The van der Waals surface area contributed by atoms with Crippen molar-refractivity contribution in [3.63, 3.8) is 0 Å².